The van der Waals surface area contributed by atoms with Gasteiger partial charge in [0.15, 0.2) is 0 Å². The van der Waals surface area contributed by atoms with Crippen molar-refractivity contribution >= 4 is 11.3 Å². The maximum atomic E-state index is 10.1. The predicted octanol–water partition coefficient (Wildman–Crippen LogP) is 3.90. The molecule has 1 atom stereocenters. The van der Waals surface area contributed by atoms with Crippen LogP contribution < -0.4 is 0 Å². The Morgan fingerprint density at radius 3 is 2.67 bits per heavy atom. The van der Waals surface area contributed by atoms with Gasteiger partial charge in [-0.15, -0.1) is 11.3 Å². The van der Waals surface area contributed by atoms with Gasteiger partial charge in [-0.2, -0.15) is 0 Å². The zero-order valence-corrected chi connectivity index (χ0v) is 11.8. The fourth-order valence-corrected chi connectivity index (χ4v) is 2.79. The fraction of sp³-hybridized carbons (Fsp3) is 0.375. The normalized spacial score (nSPS) is 12.6. The van der Waals surface area contributed by atoms with Gasteiger partial charge in [0.1, 0.15) is 0 Å². The summed E-state index contributed by atoms with van der Waals surface area (Å²) in [6.45, 7) is 4.24. The highest BCUT2D eigenvalue weighted by Crippen LogP contribution is 2.16. The molecule has 1 nitrogen and oxygen atoms in total. The van der Waals surface area contributed by atoms with Crippen molar-refractivity contribution in [2.24, 2.45) is 0 Å². The van der Waals surface area contributed by atoms with Gasteiger partial charge in [0.05, 0.1) is 6.10 Å². The molecule has 2 heteroatoms. The van der Waals surface area contributed by atoms with Crippen LogP contribution in [0.4, 0.5) is 0 Å². The summed E-state index contributed by atoms with van der Waals surface area (Å²) in [7, 11) is 0. The van der Waals surface area contributed by atoms with Crippen molar-refractivity contribution in [2.45, 2.75) is 39.2 Å². The molecule has 96 valence electrons. The maximum absolute atomic E-state index is 10.1. The van der Waals surface area contributed by atoms with Crippen molar-refractivity contribution < 1.29 is 5.11 Å². The highest BCUT2D eigenvalue weighted by atomic mass is 32.1. The molecule has 0 aliphatic rings. The van der Waals surface area contributed by atoms with Crippen molar-refractivity contribution in [3.63, 3.8) is 0 Å². The third kappa shape index (κ3) is 3.69. The van der Waals surface area contributed by atoms with E-state index < -0.39 is 0 Å². The molecule has 0 fully saturated rings. The summed E-state index contributed by atoms with van der Waals surface area (Å²) in [4.78, 5) is 1.36. The number of aryl methyl sites for hydroxylation is 3. The summed E-state index contributed by atoms with van der Waals surface area (Å²) < 4.78 is 0. The first kappa shape index (κ1) is 13.3. The highest BCUT2D eigenvalue weighted by molar-refractivity contribution is 7.09. The van der Waals surface area contributed by atoms with E-state index in [4.69, 9.17) is 0 Å². The molecule has 1 aromatic carbocycles. The largest absolute Gasteiger partial charge is 0.393 e. The molecule has 0 radical (unpaired) electrons. The van der Waals surface area contributed by atoms with Crippen LogP contribution in [-0.4, -0.2) is 11.2 Å². The second-order valence-electron chi connectivity index (χ2n) is 4.89. The minimum atomic E-state index is -0.241. The summed E-state index contributed by atoms with van der Waals surface area (Å²) in [5, 5.41) is 12.2. The van der Waals surface area contributed by atoms with Gasteiger partial charge in [0, 0.05) is 4.88 Å². The number of hydrogen-bond donors (Lipinski definition) is 1. The third-order valence-corrected chi connectivity index (χ3v) is 4.28. The lowest BCUT2D eigenvalue weighted by Crippen LogP contribution is -2.11. The molecule has 18 heavy (non-hydrogen) atoms. The standard InChI is InChI=1S/C16H20OS/c1-12-5-6-14(10-13(12)2)11-15(17)7-8-16-4-3-9-18-16/h3-6,9-10,15,17H,7-8,11H2,1-2H3. The van der Waals surface area contributed by atoms with E-state index in [9.17, 15) is 5.11 Å². The predicted molar refractivity (Wildman–Crippen MR) is 78.3 cm³/mol. The van der Waals surface area contributed by atoms with Crippen molar-refractivity contribution in [2.75, 3.05) is 0 Å². The van der Waals surface area contributed by atoms with E-state index in [2.05, 4.69) is 49.6 Å². The summed E-state index contributed by atoms with van der Waals surface area (Å²) in [5.41, 5.74) is 3.85. The first-order valence-corrected chi connectivity index (χ1v) is 7.29. The van der Waals surface area contributed by atoms with E-state index in [0.29, 0.717) is 0 Å². The number of thiophene rings is 1. The van der Waals surface area contributed by atoms with E-state index >= 15 is 0 Å². The molecule has 0 aliphatic carbocycles. The molecular formula is C16H20OS. The number of hydrogen-bond acceptors (Lipinski definition) is 2. The molecule has 0 saturated heterocycles. The van der Waals surface area contributed by atoms with Gasteiger partial charge in [0.2, 0.25) is 0 Å². The molecule has 0 amide bonds. The number of aliphatic hydroxyl groups is 1. The van der Waals surface area contributed by atoms with E-state index in [1.807, 2.05) is 0 Å². The van der Waals surface area contributed by atoms with Crippen LogP contribution >= 0.6 is 11.3 Å². The van der Waals surface area contributed by atoms with Crippen LogP contribution in [0.5, 0.6) is 0 Å². The second kappa shape index (κ2) is 6.17. The van der Waals surface area contributed by atoms with E-state index in [1.165, 1.54) is 21.6 Å². The summed E-state index contributed by atoms with van der Waals surface area (Å²) in [6.07, 6.45) is 2.33. The van der Waals surface area contributed by atoms with Crippen LogP contribution in [0.3, 0.4) is 0 Å². The van der Waals surface area contributed by atoms with Gasteiger partial charge in [-0.25, -0.2) is 0 Å². The zero-order chi connectivity index (χ0) is 13.0. The molecule has 2 aromatic rings. The lowest BCUT2D eigenvalue weighted by atomic mass is 10.00. The molecule has 2 rings (SSSR count). The average molecular weight is 260 g/mol. The van der Waals surface area contributed by atoms with Crippen molar-refractivity contribution in [3.8, 4) is 0 Å². The minimum absolute atomic E-state index is 0.241. The fourth-order valence-electron chi connectivity index (χ4n) is 2.07. The molecule has 0 saturated carbocycles. The van der Waals surface area contributed by atoms with Gasteiger partial charge in [-0.05, 0) is 61.2 Å². The first-order valence-electron chi connectivity index (χ1n) is 6.42. The van der Waals surface area contributed by atoms with Crippen LogP contribution in [-0.2, 0) is 12.8 Å². The zero-order valence-electron chi connectivity index (χ0n) is 11.0. The summed E-state index contributed by atoms with van der Waals surface area (Å²) in [5.74, 6) is 0. The smallest absolute Gasteiger partial charge is 0.0584 e. The molecule has 1 heterocycles. The molecule has 0 aliphatic heterocycles. The lowest BCUT2D eigenvalue weighted by Gasteiger charge is -2.11. The number of benzene rings is 1. The molecular weight excluding hydrogens is 240 g/mol. The van der Waals surface area contributed by atoms with E-state index in [0.717, 1.165) is 19.3 Å². The Labute approximate surface area is 113 Å². The van der Waals surface area contributed by atoms with Crippen molar-refractivity contribution in [3.05, 3.63) is 57.3 Å². The maximum Gasteiger partial charge on any atom is 0.0584 e. The van der Waals surface area contributed by atoms with Gasteiger partial charge in [0.25, 0.3) is 0 Å². The number of aliphatic hydroxyl groups excluding tert-OH is 1. The Bertz CT molecular complexity index is 488. The van der Waals surface area contributed by atoms with Gasteiger partial charge < -0.3 is 5.11 Å². The Balaban J connectivity index is 1.86. The Hall–Kier alpha value is -1.12. The molecule has 0 bridgehead atoms. The van der Waals surface area contributed by atoms with Crippen molar-refractivity contribution in [1.82, 2.24) is 0 Å². The Morgan fingerprint density at radius 1 is 1.17 bits per heavy atom. The van der Waals surface area contributed by atoms with Gasteiger partial charge in [-0.1, -0.05) is 24.3 Å². The Kier molecular flexibility index (Phi) is 4.56. The Morgan fingerprint density at radius 2 is 2.00 bits per heavy atom. The summed E-state index contributed by atoms with van der Waals surface area (Å²) >= 11 is 1.76. The van der Waals surface area contributed by atoms with Gasteiger partial charge >= 0.3 is 0 Å². The van der Waals surface area contributed by atoms with E-state index in [1.54, 1.807) is 11.3 Å². The monoisotopic (exact) mass is 260 g/mol. The molecule has 0 spiro atoms. The third-order valence-electron chi connectivity index (χ3n) is 3.35. The second-order valence-corrected chi connectivity index (χ2v) is 5.93. The van der Waals surface area contributed by atoms with Crippen molar-refractivity contribution in [1.29, 1.82) is 0 Å². The molecule has 1 aromatic heterocycles. The average Bonchev–Trinajstić information content (AvgIpc) is 2.84. The van der Waals surface area contributed by atoms with Crippen LogP contribution in [0, 0.1) is 13.8 Å². The molecule has 1 N–H and O–H groups in total. The minimum Gasteiger partial charge on any atom is -0.393 e. The molecule has 1 unspecified atom stereocenters. The summed E-state index contributed by atoms with van der Waals surface area (Å²) in [6, 6.07) is 10.6. The van der Waals surface area contributed by atoms with Gasteiger partial charge in [-0.3, -0.25) is 0 Å². The first-order chi connectivity index (χ1) is 8.65. The SMILES string of the molecule is Cc1ccc(CC(O)CCc2cccs2)cc1C. The van der Waals surface area contributed by atoms with Crippen LogP contribution in [0.2, 0.25) is 0 Å². The van der Waals surface area contributed by atoms with E-state index in [-0.39, 0.29) is 6.10 Å². The lowest BCUT2D eigenvalue weighted by molar-refractivity contribution is 0.165. The topological polar surface area (TPSA) is 20.2 Å². The quantitative estimate of drug-likeness (QED) is 0.864. The van der Waals surface area contributed by atoms with Crippen LogP contribution in [0.25, 0.3) is 0 Å². The van der Waals surface area contributed by atoms with Crippen LogP contribution in [0.1, 0.15) is 28.0 Å². The number of rotatable bonds is 5. The van der Waals surface area contributed by atoms with Crippen LogP contribution in [0.15, 0.2) is 35.7 Å². The highest BCUT2D eigenvalue weighted by Gasteiger charge is 2.07.